The molecule has 9 heteroatoms. The fourth-order valence-electron chi connectivity index (χ4n) is 5.39. The molecular weight excluding hydrogens is 510 g/mol. The Morgan fingerprint density at radius 2 is 2.03 bits per heavy atom. The summed E-state index contributed by atoms with van der Waals surface area (Å²) in [6.45, 7) is 6.70. The van der Waals surface area contributed by atoms with E-state index in [9.17, 15) is 14.4 Å². The number of aryl methyl sites for hydroxylation is 1. The highest BCUT2D eigenvalue weighted by Gasteiger charge is 2.34. The lowest BCUT2D eigenvalue weighted by Crippen LogP contribution is -2.49. The minimum Gasteiger partial charge on any atom is -0.347 e. The van der Waals surface area contributed by atoms with Gasteiger partial charge in [-0.15, -0.1) is 11.3 Å². The van der Waals surface area contributed by atoms with Crippen molar-refractivity contribution in [3.05, 3.63) is 83.9 Å². The van der Waals surface area contributed by atoms with Crippen molar-refractivity contribution in [1.82, 2.24) is 15.2 Å². The molecule has 0 spiro atoms. The number of amides is 4. The number of likely N-dealkylation sites (tertiary alicyclic amines) is 1. The SMILES string of the molecule is C=CC(=O)N1CCCC(NC(=O)c2sc3nccc4c3c2NC(=O)N4c2cccc(-c3ccccc3C)c2)C1. The van der Waals surface area contributed by atoms with Crippen molar-refractivity contribution in [2.24, 2.45) is 0 Å². The summed E-state index contributed by atoms with van der Waals surface area (Å²) in [5, 5.41) is 6.76. The average Bonchev–Trinajstić information content (AvgIpc) is 3.32. The first-order chi connectivity index (χ1) is 18.9. The van der Waals surface area contributed by atoms with Gasteiger partial charge in [-0.2, -0.15) is 0 Å². The number of nitrogens with zero attached hydrogens (tertiary/aromatic N) is 3. The molecule has 1 unspecified atom stereocenters. The summed E-state index contributed by atoms with van der Waals surface area (Å²) < 4.78 is 0. The van der Waals surface area contributed by atoms with Crippen molar-refractivity contribution in [3.63, 3.8) is 0 Å². The predicted molar refractivity (Wildman–Crippen MR) is 155 cm³/mol. The molecule has 4 aromatic rings. The van der Waals surface area contributed by atoms with Gasteiger partial charge in [-0.1, -0.05) is 43.0 Å². The van der Waals surface area contributed by atoms with Crippen LogP contribution in [0.3, 0.4) is 0 Å². The molecule has 0 radical (unpaired) electrons. The van der Waals surface area contributed by atoms with Crippen LogP contribution in [0.1, 0.15) is 28.1 Å². The lowest BCUT2D eigenvalue weighted by Gasteiger charge is -2.32. The second-order valence-corrected chi connectivity index (χ2v) is 10.7. The van der Waals surface area contributed by atoms with Crippen LogP contribution in [-0.4, -0.2) is 46.9 Å². The van der Waals surface area contributed by atoms with E-state index in [1.165, 1.54) is 17.4 Å². The van der Waals surface area contributed by atoms with E-state index in [4.69, 9.17) is 0 Å². The van der Waals surface area contributed by atoms with Gasteiger partial charge in [0.1, 0.15) is 9.71 Å². The first-order valence-corrected chi connectivity index (χ1v) is 13.7. The third-order valence-electron chi connectivity index (χ3n) is 7.26. The second kappa shape index (κ2) is 9.99. The third kappa shape index (κ3) is 4.44. The maximum atomic E-state index is 13.5. The van der Waals surface area contributed by atoms with Crippen molar-refractivity contribution in [1.29, 1.82) is 0 Å². The molecule has 1 fully saturated rings. The van der Waals surface area contributed by atoms with Crippen LogP contribution in [0.2, 0.25) is 0 Å². The number of benzene rings is 2. The number of nitrogens with one attached hydrogen (secondary N) is 2. The van der Waals surface area contributed by atoms with Gasteiger partial charge in [0, 0.05) is 25.3 Å². The number of hydrogen-bond acceptors (Lipinski definition) is 5. The fourth-order valence-corrected chi connectivity index (χ4v) is 6.41. The largest absolute Gasteiger partial charge is 0.347 e. The van der Waals surface area contributed by atoms with Crippen LogP contribution >= 0.6 is 11.3 Å². The highest BCUT2D eigenvalue weighted by atomic mass is 32.1. The topological polar surface area (TPSA) is 94.6 Å². The lowest BCUT2D eigenvalue weighted by molar-refractivity contribution is -0.127. The van der Waals surface area contributed by atoms with Gasteiger partial charge in [0.25, 0.3) is 5.91 Å². The number of thiophene rings is 1. The van der Waals surface area contributed by atoms with Crippen LogP contribution in [0, 0.1) is 6.92 Å². The van der Waals surface area contributed by atoms with Gasteiger partial charge in [0.05, 0.1) is 22.4 Å². The smallest absolute Gasteiger partial charge is 0.331 e. The minimum absolute atomic E-state index is 0.140. The molecule has 1 atom stereocenters. The number of piperidine rings is 1. The Hall–Kier alpha value is -4.50. The molecule has 2 aromatic heterocycles. The van der Waals surface area contributed by atoms with E-state index in [1.54, 1.807) is 22.1 Å². The van der Waals surface area contributed by atoms with Crippen molar-refractivity contribution < 1.29 is 14.4 Å². The van der Waals surface area contributed by atoms with Gasteiger partial charge >= 0.3 is 6.03 Å². The molecule has 4 heterocycles. The Balaban J connectivity index is 1.34. The van der Waals surface area contributed by atoms with Crippen LogP contribution < -0.4 is 15.5 Å². The van der Waals surface area contributed by atoms with Crippen molar-refractivity contribution in [3.8, 4) is 11.1 Å². The molecule has 39 heavy (non-hydrogen) atoms. The van der Waals surface area contributed by atoms with Crippen LogP contribution in [0.25, 0.3) is 21.3 Å². The molecule has 2 aliphatic heterocycles. The summed E-state index contributed by atoms with van der Waals surface area (Å²) >= 11 is 1.25. The summed E-state index contributed by atoms with van der Waals surface area (Å²) in [6, 6.07) is 17.3. The Bertz CT molecular complexity index is 1640. The summed E-state index contributed by atoms with van der Waals surface area (Å²) in [6.07, 6.45) is 4.53. The number of pyridine rings is 1. The van der Waals surface area contributed by atoms with Gasteiger partial charge in [-0.3, -0.25) is 14.5 Å². The molecule has 1 saturated heterocycles. The Labute approximate surface area is 230 Å². The van der Waals surface area contributed by atoms with Crippen LogP contribution in [0.4, 0.5) is 21.9 Å². The molecule has 4 amide bonds. The van der Waals surface area contributed by atoms with E-state index in [0.29, 0.717) is 34.2 Å². The molecule has 2 aliphatic rings. The van der Waals surface area contributed by atoms with Gasteiger partial charge in [0.15, 0.2) is 0 Å². The van der Waals surface area contributed by atoms with Crippen molar-refractivity contribution in [2.75, 3.05) is 23.3 Å². The number of hydrogen-bond donors (Lipinski definition) is 2. The molecule has 196 valence electrons. The predicted octanol–water partition coefficient (Wildman–Crippen LogP) is 5.86. The normalized spacial score (nSPS) is 16.6. The number of anilines is 3. The zero-order valence-electron chi connectivity index (χ0n) is 21.4. The number of aromatic nitrogens is 1. The van der Waals surface area contributed by atoms with Crippen molar-refractivity contribution >= 4 is 56.5 Å². The number of urea groups is 1. The number of carbonyl (C=O) groups excluding carboxylic acids is 3. The molecule has 2 aromatic carbocycles. The first kappa shape index (κ1) is 24.8. The number of carbonyl (C=O) groups is 3. The molecule has 6 rings (SSSR count). The summed E-state index contributed by atoms with van der Waals surface area (Å²) in [7, 11) is 0. The molecular formula is C30H27N5O3S. The van der Waals surface area contributed by atoms with Gasteiger partial charge in [-0.25, -0.2) is 9.78 Å². The fraction of sp³-hybridized carbons (Fsp3) is 0.200. The van der Waals surface area contributed by atoms with Crippen molar-refractivity contribution in [2.45, 2.75) is 25.8 Å². The zero-order chi connectivity index (χ0) is 27.1. The number of rotatable bonds is 5. The maximum Gasteiger partial charge on any atom is 0.331 e. The highest BCUT2D eigenvalue weighted by molar-refractivity contribution is 7.21. The van der Waals surface area contributed by atoms with Gasteiger partial charge in [-0.05, 0) is 60.7 Å². The van der Waals surface area contributed by atoms with E-state index in [1.807, 2.05) is 36.4 Å². The molecule has 0 bridgehead atoms. The highest BCUT2D eigenvalue weighted by Crippen LogP contribution is 2.46. The van der Waals surface area contributed by atoms with E-state index in [0.717, 1.165) is 40.6 Å². The van der Waals surface area contributed by atoms with Crippen LogP contribution in [0.5, 0.6) is 0 Å². The maximum absolute atomic E-state index is 13.5. The monoisotopic (exact) mass is 537 g/mol. The summed E-state index contributed by atoms with van der Waals surface area (Å²) in [4.78, 5) is 47.9. The van der Waals surface area contributed by atoms with Crippen LogP contribution in [0.15, 0.2) is 73.4 Å². The van der Waals surface area contributed by atoms with Crippen LogP contribution in [-0.2, 0) is 4.79 Å². The summed E-state index contributed by atoms with van der Waals surface area (Å²) in [5.41, 5.74) is 5.13. The van der Waals surface area contributed by atoms with E-state index in [-0.39, 0.29) is 23.9 Å². The molecule has 2 N–H and O–H groups in total. The van der Waals surface area contributed by atoms with Gasteiger partial charge < -0.3 is 15.5 Å². The Morgan fingerprint density at radius 3 is 2.85 bits per heavy atom. The zero-order valence-corrected chi connectivity index (χ0v) is 22.3. The van der Waals surface area contributed by atoms with E-state index in [2.05, 4.69) is 41.3 Å². The molecule has 0 saturated carbocycles. The van der Waals surface area contributed by atoms with E-state index >= 15 is 0 Å². The Morgan fingerprint density at radius 1 is 1.18 bits per heavy atom. The Kier molecular flexibility index (Phi) is 6.36. The van der Waals surface area contributed by atoms with E-state index < -0.39 is 0 Å². The quantitative estimate of drug-likeness (QED) is 0.312. The average molecular weight is 538 g/mol. The standard InChI is InChI=1S/C30H27N5O3S/c1-3-24(36)34-15-7-10-20(17-34)32-28(37)27-26-25-23(13-14-31-29(25)39-27)35(30(38)33-26)21-11-6-9-19(16-21)22-12-5-4-8-18(22)2/h3-6,8-9,11-14,16,20H,1,7,10,15,17H2,2H3,(H,32,37)(H,33,38). The third-order valence-corrected chi connectivity index (χ3v) is 8.35. The molecule has 0 aliphatic carbocycles. The minimum atomic E-state index is -0.343. The summed E-state index contributed by atoms with van der Waals surface area (Å²) in [5.74, 6) is -0.425. The second-order valence-electron chi connectivity index (χ2n) is 9.75. The van der Waals surface area contributed by atoms with Gasteiger partial charge in [0.2, 0.25) is 5.91 Å². The first-order valence-electron chi connectivity index (χ1n) is 12.9. The lowest BCUT2D eigenvalue weighted by atomic mass is 10.00. The molecule has 8 nitrogen and oxygen atoms in total.